The maximum Gasteiger partial charge on any atom is 0.256 e. The summed E-state index contributed by atoms with van der Waals surface area (Å²) in [7, 11) is 0. The molecule has 0 aliphatic rings. The van der Waals surface area contributed by atoms with E-state index in [-0.39, 0.29) is 11.3 Å². The van der Waals surface area contributed by atoms with Crippen molar-refractivity contribution in [1.82, 2.24) is 19.7 Å². The standard InChI is InChI=1S/C22H23N5O/c1-22(2,3)21-25-18-10-9-16(13-19(18)26-21)24-20(28)17-8-5-4-7-15(17)14-27-12-6-11-23-27/h4-13H,14H2,1-3H3,(H,24,28)(H,25,26). The number of carbonyl (C=O) groups is 1. The minimum atomic E-state index is -0.141. The monoisotopic (exact) mass is 373 g/mol. The Bertz CT molecular complexity index is 1120. The first-order valence-corrected chi connectivity index (χ1v) is 9.27. The summed E-state index contributed by atoms with van der Waals surface area (Å²) in [5, 5.41) is 7.23. The van der Waals surface area contributed by atoms with Crippen LogP contribution in [0.2, 0.25) is 0 Å². The van der Waals surface area contributed by atoms with Gasteiger partial charge in [-0.2, -0.15) is 5.10 Å². The molecule has 0 saturated carbocycles. The molecule has 0 aliphatic carbocycles. The number of imidazole rings is 1. The molecule has 0 aliphatic heterocycles. The number of rotatable bonds is 4. The third-order valence-corrected chi connectivity index (χ3v) is 4.60. The first-order chi connectivity index (χ1) is 13.4. The quantitative estimate of drug-likeness (QED) is 0.558. The molecule has 2 aromatic heterocycles. The number of benzene rings is 2. The fourth-order valence-electron chi connectivity index (χ4n) is 3.09. The van der Waals surface area contributed by atoms with Crippen molar-refractivity contribution < 1.29 is 4.79 Å². The maximum atomic E-state index is 12.9. The summed E-state index contributed by atoms with van der Waals surface area (Å²) >= 11 is 0. The molecule has 0 atom stereocenters. The minimum absolute atomic E-state index is 0.0616. The average Bonchev–Trinajstić information content (AvgIpc) is 3.31. The molecule has 2 heterocycles. The third-order valence-electron chi connectivity index (χ3n) is 4.60. The highest BCUT2D eigenvalue weighted by Crippen LogP contribution is 2.24. The van der Waals surface area contributed by atoms with Crippen molar-refractivity contribution in [3.63, 3.8) is 0 Å². The second-order valence-corrected chi connectivity index (χ2v) is 7.88. The predicted molar refractivity (Wildman–Crippen MR) is 111 cm³/mol. The van der Waals surface area contributed by atoms with E-state index in [1.807, 2.05) is 54.7 Å². The van der Waals surface area contributed by atoms with Crippen molar-refractivity contribution >= 4 is 22.6 Å². The van der Waals surface area contributed by atoms with Gasteiger partial charge in [-0.1, -0.05) is 39.0 Å². The van der Waals surface area contributed by atoms with E-state index in [1.54, 1.807) is 10.9 Å². The Balaban J connectivity index is 1.58. The average molecular weight is 373 g/mol. The Morgan fingerprint density at radius 2 is 1.96 bits per heavy atom. The third kappa shape index (κ3) is 3.67. The van der Waals surface area contributed by atoms with Crippen LogP contribution in [0.3, 0.4) is 0 Å². The van der Waals surface area contributed by atoms with Crippen molar-refractivity contribution in [1.29, 1.82) is 0 Å². The number of carbonyl (C=O) groups excluding carboxylic acids is 1. The van der Waals surface area contributed by atoms with Gasteiger partial charge in [0.15, 0.2) is 0 Å². The van der Waals surface area contributed by atoms with E-state index in [1.165, 1.54) is 0 Å². The van der Waals surface area contributed by atoms with Crippen LogP contribution in [0.4, 0.5) is 5.69 Å². The summed E-state index contributed by atoms with van der Waals surface area (Å²) < 4.78 is 1.80. The molecule has 0 fully saturated rings. The summed E-state index contributed by atoms with van der Waals surface area (Å²) in [6.45, 7) is 6.89. The van der Waals surface area contributed by atoms with Gasteiger partial charge in [-0.3, -0.25) is 9.48 Å². The minimum Gasteiger partial charge on any atom is -0.341 e. The van der Waals surface area contributed by atoms with Crippen LogP contribution in [-0.2, 0) is 12.0 Å². The number of anilines is 1. The van der Waals surface area contributed by atoms with Crippen LogP contribution in [0.5, 0.6) is 0 Å². The van der Waals surface area contributed by atoms with Gasteiger partial charge in [0.2, 0.25) is 0 Å². The van der Waals surface area contributed by atoms with Gasteiger partial charge in [0.25, 0.3) is 5.91 Å². The zero-order chi connectivity index (χ0) is 19.7. The van der Waals surface area contributed by atoms with Crippen LogP contribution in [0.1, 0.15) is 42.5 Å². The maximum absolute atomic E-state index is 12.9. The van der Waals surface area contributed by atoms with Gasteiger partial charge in [0.05, 0.1) is 17.6 Å². The molecule has 0 unspecified atom stereocenters. The van der Waals surface area contributed by atoms with Crippen LogP contribution in [-0.4, -0.2) is 25.7 Å². The molecule has 0 radical (unpaired) electrons. The molecule has 0 bridgehead atoms. The first-order valence-electron chi connectivity index (χ1n) is 9.27. The van der Waals surface area contributed by atoms with Crippen LogP contribution in [0.15, 0.2) is 60.9 Å². The predicted octanol–water partition coefficient (Wildman–Crippen LogP) is 4.36. The van der Waals surface area contributed by atoms with Gasteiger partial charge in [-0.05, 0) is 35.9 Å². The SMILES string of the molecule is CC(C)(C)c1nc2ccc(NC(=O)c3ccccc3Cn3cccn3)cc2[nH]1. The van der Waals surface area contributed by atoms with Crippen LogP contribution < -0.4 is 5.32 Å². The molecule has 4 aromatic rings. The van der Waals surface area contributed by atoms with E-state index in [4.69, 9.17) is 0 Å². The van der Waals surface area contributed by atoms with E-state index in [9.17, 15) is 4.79 Å². The number of aromatic amines is 1. The van der Waals surface area contributed by atoms with Crippen LogP contribution >= 0.6 is 0 Å². The largest absolute Gasteiger partial charge is 0.341 e. The van der Waals surface area contributed by atoms with E-state index in [2.05, 4.69) is 41.2 Å². The fourth-order valence-corrected chi connectivity index (χ4v) is 3.09. The Labute approximate surface area is 163 Å². The molecule has 6 nitrogen and oxygen atoms in total. The highest BCUT2D eigenvalue weighted by Gasteiger charge is 2.18. The van der Waals surface area contributed by atoms with Crippen molar-refractivity contribution in [3.8, 4) is 0 Å². The van der Waals surface area contributed by atoms with Gasteiger partial charge < -0.3 is 10.3 Å². The second kappa shape index (κ2) is 6.96. The summed E-state index contributed by atoms with van der Waals surface area (Å²) in [5.41, 5.74) is 4.03. The Hall–Kier alpha value is -3.41. The summed E-state index contributed by atoms with van der Waals surface area (Å²) in [6, 6.07) is 15.2. The zero-order valence-corrected chi connectivity index (χ0v) is 16.2. The highest BCUT2D eigenvalue weighted by atomic mass is 16.1. The Morgan fingerprint density at radius 3 is 2.71 bits per heavy atom. The highest BCUT2D eigenvalue weighted by molar-refractivity contribution is 6.06. The normalized spacial score (nSPS) is 11.7. The van der Waals surface area contributed by atoms with Crippen molar-refractivity contribution in [2.45, 2.75) is 32.7 Å². The number of fused-ring (bicyclic) bond motifs is 1. The van der Waals surface area contributed by atoms with Crippen molar-refractivity contribution in [3.05, 3.63) is 77.9 Å². The van der Waals surface area contributed by atoms with E-state index < -0.39 is 0 Å². The molecule has 1 amide bonds. The molecule has 4 rings (SSSR count). The lowest BCUT2D eigenvalue weighted by atomic mass is 9.96. The summed E-state index contributed by atoms with van der Waals surface area (Å²) in [6.07, 6.45) is 3.61. The molecule has 2 aromatic carbocycles. The topological polar surface area (TPSA) is 75.6 Å². The molecule has 142 valence electrons. The van der Waals surface area contributed by atoms with Crippen molar-refractivity contribution in [2.75, 3.05) is 5.32 Å². The number of aromatic nitrogens is 4. The van der Waals surface area contributed by atoms with E-state index in [0.29, 0.717) is 12.1 Å². The van der Waals surface area contributed by atoms with E-state index in [0.717, 1.165) is 28.1 Å². The molecule has 0 spiro atoms. The molecule has 2 N–H and O–H groups in total. The van der Waals surface area contributed by atoms with Crippen molar-refractivity contribution in [2.24, 2.45) is 0 Å². The zero-order valence-electron chi connectivity index (χ0n) is 16.2. The lowest BCUT2D eigenvalue weighted by Crippen LogP contribution is -2.15. The van der Waals surface area contributed by atoms with Gasteiger partial charge in [-0.15, -0.1) is 0 Å². The van der Waals surface area contributed by atoms with E-state index >= 15 is 0 Å². The van der Waals surface area contributed by atoms with Gasteiger partial charge in [-0.25, -0.2) is 4.98 Å². The fraction of sp³-hybridized carbons (Fsp3) is 0.227. The van der Waals surface area contributed by atoms with Crippen LogP contribution in [0, 0.1) is 0 Å². The number of hydrogen-bond donors (Lipinski definition) is 2. The smallest absolute Gasteiger partial charge is 0.256 e. The Morgan fingerprint density at radius 1 is 1.14 bits per heavy atom. The second-order valence-electron chi connectivity index (χ2n) is 7.88. The molecular weight excluding hydrogens is 350 g/mol. The van der Waals surface area contributed by atoms with Crippen LogP contribution in [0.25, 0.3) is 11.0 Å². The van der Waals surface area contributed by atoms with Gasteiger partial charge >= 0.3 is 0 Å². The number of H-pyrrole nitrogens is 1. The number of nitrogens with one attached hydrogen (secondary N) is 2. The summed E-state index contributed by atoms with van der Waals surface area (Å²) in [4.78, 5) is 20.9. The number of hydrogen-bond acceptors (Lipinski definition) is 3. The van der Waals surface area contributed by atoms with Gasteiger partial charge in [0.1, 0.15) is 5.82 Å². The summed E-state index contributed by atoms with van der Waals surface area (Å²) in [5.74, 6) is 0.785. The number of nitrogens with zero attached hydrogens (tertiary/aromatic N) is 3. The lowest BCUT2D eigenvalue weighted by molar-refractivity contribution is 0.102. The molecule has 28 heavy (non-hydrogen) atoms. The lowest BCUT2D eigenvalue weighted by Gasteiger charge is -2.13. The molecular formula is C22H23N5O. The molecule has 0 saturated heterocycles. The molecule has 6 heteroatoms. The number of amides is 1. The Kier molecular flexibility index (Phi) is 4.47. The first kappa shape index (κ1) is 18.0. The van der Waals surface area contributed by atoms with Gasteiger partial charge in [0, 0.05) is 29.1 Å².